The number of hydrogen-bond donors (Lipinski definition) is 1. The van der Waals surface area contributed by atoms with Crippen molar-refractivity contribution in [2.24, 2.45) is 0 Å². The fourth-order valence-corrected chi connectivity index (χ4v) is 3.53. The standard InChI is InChI=1S/C25H24F3N5O2/c1-16-7-9-19(10-8-16)14-33-18(3)23(17(2)30-33)29-24(34)22-11-12-32(31-22)15-35-21-6-4-5-20(13-21)25(26,27)28/h4-13H,14-15H2,1-3H3,(H,29,34). The molecule has 4 rings (SSSR count). The largest absolute Gasteiger partial charge is 0.471 e. The molecule has 4 aromatic rings. The van der Waals surface area contributed by atoms with E-state index < -0.39 is 17.6 Å². The number of aryl methyl sites for hydroxylation is 2. The van der Waals surface area contributed by atoms with Crippen LogP contribution in [0.4, 0.5) is 18.9 Å². The number of ether oxygens (including phenoxy) is 1. The molecule has 2 aromatic carbocycles. The van der Waals surface area contributed by atoms with Crippen molar-refractivity contribution in [2.45, 2.75) is 40.2 Å². The second-order valence-corrected chi connectivity index (χ2v) is 8.18. The van der Waals surface area contributed by atoms with Gasteiger partial charge in [0, 0.05) is 6.20 Å². The van der Waals surface area contributed by atoms with E-state index in [1.54, 1.807) is 0 Å². The zero-order valence-electron chi connectivity index (χ0n) is 19.4. The first-order valence-corrected chi connectivity index (χ1v) is 10.8. The summed E-state index contributed by atoms with van der Waals surface area (Å²) in [6, 6.07) is 14.2. The minimum Gasteiger partial charge on any atom is -0.471 e. The highest BCUT2D eigenvalue weighted by Crippen LogP contribution is 2.31. The summed E-state index contributed by atoms with van der Waals surface area (Å²) in [6.07, 6.45) is -2.94. The average molecular weight is 483 g/mol. The predicted molar refractivity (Wildman–Crippen MR) is 124 cm³/mol. The summed E-state index contributed by atoms with van der Waals surface area (Å²) in [6.45, 7) is 6.14. The molecule has 7 nitrogen and oxygen atoms in total. The van der Waals surface area contributed by atoms with Crippen LogP contribution in [-0.4, -0.2) is 25.5 Å². The third-order valence-corrected chi connectivity index (χ3v) is 5.47. The lowest BCUT2D eigenvalue weighted by Gasteiger charge is -2.10. The Morgan fingerprint density at radius 3 is 2.49 bits per heavy atom. The maximum Gasteiger partial charge on any atom is 0.416 e. The van der Waals surface area contributed by atoms with Gasteiger partial charge in [-0.15, -0.1) is 0 Å². The van der Waals surface area contributed by atoms with Crippen LogP contribution in [-0.2, 0) is 19.5 Å². The minimum atomic E-state index is -4.46. The van der Waals surface area contributed by atoms with Crippen LogP contribution in [0.15, 0.2) is 60.8 Å². The van der Waals surface area contributed by atoms with E-state index in [1.165, 1.54) is 34.6 Å². The highest BCUT2D eigenvalue weighted by Gasteiger charge is 2.30. The quantitative estimate of drug-likeness (QED) is 0.384. The molecule has 0 saturated heterocycles. The number of carbonyl (C=O) groups is 1. The number of alkyl halides is 3. The van der Waals surface area contributed by atoms with Crippen molar-refractivity contribution in [3.8, 4) is 5.75 Å². The Morgan fingerprint density at radius 1 is 1.03 bits per heavy atom. The van der Waals surface area contributed by atoms with Crippen LogP contribution < -0.4 is 10.1 Å². The monoisotopic (exact) mass is 483 g/mol. The molecule has 1 amide bonds. The molecule has 35 heavy (non-hydrogen) atoms. The van der Waals surface area contributed by atoms with Gasteiger partial charge in [0.15, 0.2) is 12.4 Å². The summed E-state index contributed by atoms with van der Waals surface area (Å²) in [5.41, 5.74) is 3.70. The lowest BCUT2D eigenvalue weighted by Crippen LogP contribution is -2.15. The Hall–Kier alpha value is -4.08. The number of rotatable bonds is 7. The van der Waals surface area contributed by atoms with Crippen LogP contribution in [0.25, 0.3) is 0 Å². The number of nitrogens with one attached hydrogen (secondary N) is 1. The van der Waals surface area contributed by atoms with Crippen molar-refractivity contribution in [2.75, 3.05) is 5.32 Å². The minimum absolute atomic E-state index is 0.0496. The average Bonchev–Trinajstić information content (AvgIpc) is 3.39. The fraction of sp³-hybridized carbons (Fsp3) is 0.240. The summed E-state index contributed by atoms with van der Waals surface area (Å²) >= 11 is 0. The zero-order chi connectivity index (χ0) is 25.2. The van der Waals surface area contributed by atoms with Crippen LogP contribution in [0.1, 0.15) is 38.6 Å². The number of hydrogen-bond acceptors (Lipinski definition) is 4. The highest BCUT2D eigenvalue weighted by atomic mass is 19.4. The molecule has 0 aliphatic heterocycles. The van der Waals surface area contributed by atoms with Gasteiger partial charge in [0.05, 0.1) is 29.2 Å². The molecule has 0 bridgehead atoms. The molecule has 0 aliphatic carbocycles. The predicted octanol–water partition coefficient (Wildman–Crippen LogP) is 5.36. The molecule has 0 atom stereocenters. The van der Waals surface area contributed by atoms with Crippen molar-refractivity contribution < 1.29 is 22.7 Å². The number of benzene rings is 2. The van der Waals surface area contributed by atoms with Gasteiger partial charge in [0.1, 0.15) is 5.75 Å². The Balaban J connectivity index is 1.40. The van der Waals surface area contributed by atoms with E-state index in [9.17, 15) is 18.0 Å². The molecule has 10 heteroatoms. The van der Waals surface area contributed by atoms with Crippen LogP contribution in [0, 0.1) is 20.8 Å². The molecule has 2 aromatic heterocycles. The molecule has 0 spiro atoms. The van der Waals surface area contributed by atoms with Gasteiger partial charge in [-0.1, -0.05) is 35.9 Å². The summed E-state index contributed by atoms with van der Waals surface area (Å²) < 4.78 is 47.1. The van der Waals surface area contributed by atoms with Crippen molar-refractivity contribution in [1.29, 1.82) is 0 Å². The van der Waals surface area contributed by atoms with E-state index in [1.807, 2.05) is 49.7 Å². The lowest BCUT2D eigenvalue weighted by atomic mass is 10.1. The molecule has 0 fully saturated rings. The summed E-state index contributed by atoms with van der Waals surface area (Å²) in [4.78, 5) is 12.8. The second-order valence-electron chi connectivity index (χ2n) is 8.18. The van der Waals surface area contributed by atoms with E-state index >= 15 is 0 Å². The maximum absolute atomic E-state index is 12.9. The molecule has 0 saturated carbocycles. The van der Waals surface area contributed by atoms with Crippen molar-refractivity contribution in [1.82, 2.24) is 19.6 Å². The number of nitrogens with zero attached hydrogens (tertiary/aromatic N) is 4. The summed E-state index contributed by atoms with van der Waals surface area (Å²) in [5, 5.41) is 11.6. The fourth-order valence-electron chi connectivity index (χ4n) is 3.53. The molecule has 0 unspecified atom stereocenters. The molecular weight excluding hydrogens is 459 g/mol. The molecule has 0 aliphatic rings. The SMILES string of the molecule is Cc1ccc(Cn2nc(C)c(NC(=O)c3ccn(COc4cccc(C(F)(F)F)c4)n3)c2C)cc1. The van der Waals surface area contributed by atoms with Gasteiger partial charge in [-0.25, -0.2) is 4.68 Å². The number of halogens is 3. The van der Waals surface area contributed by atoms with Gasteiger partial charge in [-0.3, -0.25) is 9.48 Å². The third-order valence-electron chi connectivity index (χ3n) is 5.47. The van der Waals surface area contributed by atoms with Gasteiger partial charge >= 0.3 is 6.18 Å². The van der Waals surface area contributed by atoms with Crippen LogP contribution in [0.5, 0.6) is 5.75 Å². The maximum atomic E-state index is 12.9. The van der Waals surface area contributed by atoms with Crippen molar-refractivity contribution >= 4 is 11.6 Å². The van der Waals surface area contributed by atoms with Gasteiger partial charge in [0.2, 0.25) is 0 Å². The number of carbonyl (C=O) groups excluding carboxylic acids is 1. The van der Waals surface area contributed by atoms with E-state index in [0.29, 0.717) is 17.9 Å². The Bertz CT molecular complexity index is 1340. The normalized spacial score (nSPS) is 11.5. The molecule has 0 radical (unpaired) electrons. The molecule has 182 valence electrons. The highest BCUT2D eigenvalue weighted by molar-refractivity contribution is 6.03. The summed E-state index contributed by atoms with van der Waals surface area (Å²) in [5.74, 6) is -0.377. The van der Waals surface area contributed by atoms with Gasteiger partial charge < -0.3 is 10.1 Å². The first kappa shape index (κ1) is 24.1. The number of aromatic nitrogens is 4. The molecule has 1 N–H and O–H groups in total. The molecular formula is C25H24F3N5O2. The van der Waals surface area contributed by atoms with Gasteiger partial charge in [-0.05, 0) is 50.6 Å². The molecule has 2 heterocycles. The van der Waals surface area contributed by atoms with E-state index in [2.05, 4.69) is 15.5 Å². The van der Waals surface area contributed by atoms with E-state index in [4.69, 9.17) is 4.74 Å². The van der Waals surface area contributed by atoms with E-state index in [0.717, 1.165) is 23.4 Å². The first-order chi connectivity index (χ1) is 16.6. The van der Waals surface area contributed by atoms with Crippen LogP contribution in [0.3, 0.4) is 0 Å². The Labute approximate surface area is 200 Å². The van der Waals surface area contributed by atoms with Crippen LogP contribution in [0.2, 0.25) is 0 Å². The smallest absolute Gasteiger partial charge is 0.416 e. The second kappa shape index (κ2) is 9.65. The number of amides is 1. The lowest BCUT2D eigenvalue weighted by molar-refractivity contribution is -0.137. The zero-order valence-corrected chi connectivity index (χ0v) is 19.4. The van der Waals surface area contributed by atoms with Gasteiger partial charge in [0.25, 0.3) is 5.91 Å². The topological polar surface area (TPSA) is 74.0 Å². The van der Waals surface area contributed by atoms with Crippen molar-refractivity contribution in [3.05, 3.63) is 94.6 Å². The van der Waals surface area contributed by atoms with Crippen LogP contribution >= 0.6 is 0 Å². The van der Waals surface area contributed by atoms with Crippen molar-refractivity contribution in [3.63, 3.8) is 0 Å². The van der Waals surface area contributed by atoms with E-state index in [-0.39, 0.29) is 18.2 Å². The Kier molecular flexibility index (Phi) is 6.63. The summed E-state index contributed by atoms with van der Waals surface area (Å²) in [7, 11) is 0. The Morgan fingerprint density at radius 2 is 1.77 bits per heavy atom. The van der Waals surface area contributed by atoms with Gasteiger partial charge in [-0.2, -0.15) is 23.4 Å². The first-order valence-electron chi connectivity index (χ1n) is 10.8. The number of anilines is 1. The third kappa shape index (κ3) is 5.71.